The fourth-order valence-electron chi connectivity index (χ4n) is 2.43. The number of hydrogen-bond acceptors (Lipinski definition) is 4. The van der Waals surface area contributed by atoms with Crippen LogP contribution in [0, 0.1) is 0 Å². The van der Waals surface area contributed by atoms with E-state index in [1.54, 1.807) is 0 Å². The summed E-state index contributed by atoms with van der Waals surface area (Å²) in [5.41, 5.74) is 0.917. The van der Waals surface area contributed by atoms with Crippen LogP contribution >= 0.6 is 11.8 Å². The van der Waals surface area contributed by atoms with Gasteiger partial charge in [0, 0.05) is 0 Å². The SMILES string of the molecule is O=C1CS[C@H]2C(NC(=O)Cc3ccccc3)C(=O)N2C1. The first-order valence-corrected chi connectivity index (χ1v) is 7.47. The number of benzene rings is 1. The summed E-state index contributed by atoms with van der Waals surface area (Å²) in [6.45, 7) is 0.182. The highest BCUT2D eigenvalue weighted by atomic mass is 32.2. The molecule has 20 heavy (non-hydrogen) atoms. The van der Waals surface area contributed by atoms with Gasteiger partial charge >= 0.3 is 0 Å². The number of rotatable bonds is 3. The van der Waals surface area contributed by atoms with Gasteiger partial charge in [0.25, 0.3) is 0 Å². The Bertz CT molecular complexity index is 561. The molecule has 3 rings (SSSR count). The van der Waals surface area contributed by atoms with Gasteiger partial charge in [-0.3, -0.25) is 14.4 Å². The Morgan fingerprint density at radius 3 is 2.80 bits per heavy atom. The van der Waals surface area contributed by atoms with Crippen molar-refractivity contribution in [2.24, 2.45) is 0 Å². The molecule has 0 bridgehead atoms. The molecule has 2 amide bonds. The van der Waals surface area contributed by atoms with Crippen LogP contribution in [0.25, 0.3) is 0 Å². The fourth-order valence-corrected chi connectivity index (χ4v) is 3.61. The first-order chi connectivity index (χ1) is 9.65. The average Bonchev–Trinajstić information content (AvgIpc) is 2.46. The molecule has 2 aliphatic heterocycles. The zero-order valence-electron chi connectivity index (χ0n) is 10.7. The maximum Gasteiger partial charge on any atom is 0.249 e. The molecule has 0 aliphatic carbocycles. The number of carbonyl (C=O) groups is 3. The van der Waals surface area contributed by atoms with Crippen LogP contribution in [0.1, 0.15) is 5.56 Å². The number of thioether (sulfide) groups is 1. The first-order valence-electron chi connectivity index (χ1n) is 6.42. The Hall–Kier alpha value is -1.82. The number of amides is 2. The average molecular weight is 290 g/mol. The van der Waals surface area contributed by atoms with Crippen molar-refractivity contribution in [1.29, 1.82) is 0 Å². The van der Waals surface area contributed by atoms with Gasteiger partial charge in [0.15, 0.2) is 5.78 Å². The van der Waals surface area contributed by atoms with Gasteiger partial charge in [-0.15, -0.1) is 11.8 Å². The molecule has 0 radical (unpaired) electrons. The van der Waals surface area contributed by atoms with E-state index in [0.29, 0.717) is 5.75 Å². The van der Waals surface area contributed by atoms with E-state index < -0.39 is 6.04 Å². The minimum Gasteiger partial charge on any atom is -0.341 e. The lowest BCUT2D eigenvalue weighted by Gasteiger charge is -2.48. The smallest absolute Gasteiger partial charge is 0.249 e. The monoisotopic (exact) mass is 290 g/mol. The molecule has 0 aromatic heterocycles. The van der Waals surface area contributed by atoms with E-state index in [-0.39, 0.29) is 35.9 Å². The van der Waals surface area contributed by atoms with Gasteiger partial charge in [-0.05, 0) is 5.56 Å². The molecule has 2 saturated heterocycles. The summed E-state index contributed by atoms with van der Waals surface area (Å²) in [5.74, 6) is 0.164. The number of fused-ring (bicyclic) bond motifs is 1. The van der Waals surface area contributed by atoms with Crippen molar-refractivity contribution in [2.45, 2.75) is 17.8 Å². The van der Waals surface area contributed by atoms with E-state index in [0.717, 1.165) is 5.56 Å². The minimum absolute atomic E-state index is 0.0636. The number of carbonyl (C=O) groups excluding carboxylic acids is 3. The third-order valence-corrected chi connectivity index (χ3v) is 4.78. The molecule has 5 nitrogen and oxygen atoms in total. The van der Waals surface area contributed by atoms with Crippen molar-refractivity contribution in [2.75, 3.05) is 12.3 Å². The highest BCUT2D eigenvalue weighted by Crippen LogP contribution is 2.33. The minimum atomic E-state index is -0.482. The summed E-state index contributed by atoms with van der Waals surface area (Å²) in [6.07, 6.45) is 0.265. The van der Waals surface area contributed by atoms with Crippen molar-refractivity contribution in [3.05, 3.63) is 35.9 Å². The number of Topliss-reactive ketones (excluding diaryl/α,β-unsaturated/α-hetero) is 1. The largest absolute Gasteiger partial charge is 0.341 e. The molecule has 0 saturated carbocycles. The second kappa shape index (κ2) is 5.28. The van der Waals surface area contributed by atoms with Gasteiger partial charge in [0.1, 0.15) is 11.4 Å². The summed E-state index contributed by atoms with van der Waals surface area (Å²) in [5, 5.41) is 2.68. The molecule has 0 spiro atoms. The molecular weight excluding hydrogens is 276 g/mol. The maximum absolute atomic E-state index is 11.9. The van der Waals surface area contributed by atoms with Gasteiger partial charge in [-0.1, -0.05) is 30.3 Å². The van der Waals surface area contributed by atoms with E-state index in [1.165, 1.54) is 16.7 Å². The molecule has 1 unspecified atom stereocenters. The molecule has 2 fully saturated rings. The summed E-state index contributed by atoms with van der Waals surface area (Å²) in [6, 6.07) is 8.92. The van der Waals surface area contributed by atoms with Crippen LogP contribution in [0.2, 0.25) is 0 Å². The van der Waals surface area contributed by atoms with E-state index >= 15 is 0 Å². The lowest BCUT2D eigenvalue weighted by atomic mass is 10.1. The van der Waals surface area contributed by atoms with Gasteiger partial charge in [0.05, 0.1) is 18.7 Å². The van der Waals surface area contributed by atoms with Crippen LogP contribution < -0.4 is 5.32 Å². The second-order valence-electron chi connectivity index (χ2n) is 4.91. The van der Waals surface area contributed by atoms with E-state index in [4.69, 9.17) is 0 Å². The predicted octanol–water partition coefficient (Wildman–Crippen LogP) is 0.198. The predicted molar refractivity (Wildman–Crippen MR) is 75.0 cm³/mol. The van der Waals surface area contributed by atoms with Crippen LogP contribution in [-0.4, -0.2) is 46.2 Å². The molecule has 1 aromatic carbocycles. The molecule has 2 heterocycles. The highest BCUT2D eigenvalue weighted by Gasteiger charge is 2.51. The molecule has 1 N–H and O–H groups in total. The maximum atomic E-state index is 11.9. The molecular formula is C14H14N2O3S. The van der Waals surface area contributed by atoms with Crippen LogP contribution in [0.15, 0.2) is 30.3 Å². The quantitative estimate of drug-likeness (QED) is 0.808. The number of β-lactam (4-membered cyclic amide) rings is 1. The van der Waals surface area contributed by atoms with E-state index in [9.17, 15) is 14.4 Å². The Labute approximate surface area is 120 Å². The number of hydrogen-bond donors (Lipinski definition) is 1. The zero-order chi connectivity index (χ0) is 14.1. The lowest BCUT2D eigenvalue weighted by molar-refractivity contribution is -0.151. The standard InChI is InChI=1S/C14H14N2O3S/c17-10-7-16-13(19)12(14(16)20-8-10)15-11(18)6-9-4-2-1-3-5-9/h1-5,12,14H,6-8H2,(H,15,18)/t12?,14-/m0/s1. The van der Waals surface area contributed by atoms with Gasteiger partial charge < -0.3 is 10.2 Å². The topological polar surface area (TPSA) is 66.5 Å². The third-order valence-electron chi connectivity index (χ3n) is 3.43. The van der Waals surface area contributed by atoms with Crippen LogP contribution in [0.4, 0.5) is 0 Å². The van der Waals surface area contributed by atoms with E-state index in [2.05, 4.69) is 5.32 Å². The van der Waals surface area contributed by atoms with Crippen LogP contribution in [-0.2, 0) is 20.8 Å². The van der Waals surface area contributed by atoms with Crippen molar-refractivity contribution in [3.8, 4) is 0 Å². The fraction of sp³-hybridized carbons (Fsp3) is 0.357. The Balaban J connectivity index is 1.57. The van der Waals surface area contributed by atoms with Gasteiger partial charge in [-0.2, -0.15) is 0 Å². The van der Waals surface area contributed by atoms with Gasteiger partial charge in [0.2, 0.25) is 11.8 Å². The summed E-state index contributed by atoms with van der Waals surface area (Å²) < 4.78 is 0. The van der Waals surface area contributed by atoms with Crippen molar-refractivity contribution in [1.82, 2.24) is 10.2 Å². The summed E-state index contributed by atoms with van der Waals surface area (Å²) in [4.78, 5) is 36.6. The molecule has 6 heteroatoms. The van der Waals surface area contributed by atoms with E-state index in [1.807, 2.05) is 30.3 Å². The Morgan fingerprint density at radius 1 is 1.30 bits per heavy atom. The number of nitrogens with zero attached hydrogens (tertiary/aromatic N) is 1. The number of ketones is 1. The van der Waals surface area contributed by atoms with Crippen molar-refractivity contribution >= 4 is 29.4 Å². The molecule has 2 atom stereocenters. The lowest BCUT2D eigenvalue weighted by Crippen LogP contribution is -2.71. The van der Waals surface area contributed by atoms with Crippen LogP contribution in [0.5, 0.6) is 0 Å². The van der Waals surface area contributed by atoms with Gasteiger partial charge in [-0.25, -0.2) is 0 Å². The Morgan fingerprint density at radius 2 is 2.05 bits per heavy atom. The molecule has 2 aliphatic rings. The summed E-state index contributed by atoms with van der Waals surface area (Å²) in [7, 11) is 0. The zero-order valence-corrected chi connectivity index (χ0v) is 11.6. The summed E-state index contributed by atoms with van der Waals surface area (Å²) >= 11 is 1.42. The highest BCUT2D eigenvalue weighted by molar-refractivity contribution is 8.00. The second-order valence-corrected chi connectivity index (χ2v) is 6.02. The molecule has 1 aromatic rings. The number of nitrogens with one attached hydrogen (secondary N) is 1. The van der Waals surface area contributed by atoms with Crippen molar-refractivity contribution < 1.29 is 14.4 Å². The first kappa shape index (κ1) is 13.2. The van der Waals surface area contributed by atoms with Crippen molar-refractivity contribution in [3.63, 3.8) is 0 Å². The Kier molecular flexibility index (Phi) is 3.48. The normalized spacial score (nSPS) is 24.9. The van der Waals surface area contributed by atoms with Crippen LogP contribution in [0.3, 0.4) is 0 Å². The third kappa shape index (κ3) is 2.43. The molecule has 104 valence electrons.